The summed E-state index contributed by atoms with van der Waals surface area (Å²) in [6.45, 7) is 1.69. The zero-order valence-corrected chi connectivity index (χ0v) is 13.2. The Labute approximate surface area is 133 Å². The average molecular weight is 333 g/mol. The van der Waals surface area contributed by atoms with Crippen molar-refractivity contribution in [2.75, 3.05) is 26.7 Å². The fourth-order valence-corrected chi connectivity index (χ4v) is 2.96. The third kappa shape index (κ3) is 4.31. The molecule has 0 amide bonds. The maximum Gasteiger partial charge on any atom is 0.317 e. The summed E-state index contributed by atoms with van der Waals surface area (Å²) >= 11 is 11.9. The van der Waals surface area contributed by atoms with E-state index in [1.165, 1.54) is 0 Å². The number of benzene rings is 1. The molecule has 21 heavy (non-hydrogen) atoms. The van der Waals surface area contributed by atoms with E-state index in [2.05, 4.69) is 4.90 Å². The molecule has 1 aromatic rings. The number of carboxylic acid groups (broad SMARTS) is 1. The zero-order valence-electron chi connectivity index (χ0n) is 11.7. The van der Waals surface area contributed by atoms with E-state index in [-0.39, 0.29) is 12.6 Å². The molecular formula is C14H18Cl2N2O3. The number of carboxylic acids is 1. The van der Waals surface area contributed by atoms with Crippen LogP contribution in [0.4, 0.5) is 0 Å². The summed E-state index contributed by atoms with van der Waals surface area (Å²) in [5.41, 5.74) is 1.01. The molecule has 0 spiro atoms. The van der Waals surface area contributed by atoms with E-state index in [4.69, 9.17) is 28.3 Å². The van der Waals surface area contributed by atoms with E-state index in [0.717, 1.165) is 5.56 Å². The Balaban J connectivity index is 1.97. The summed E-state index contributed by atoms with van der Waals surface area (Å²) in [5.74, 6) is -0.896. The van der Waals surface area contributed by atoms with Crippen molar-refractivity contribution >= 4 is 29.2 Å². The van der Waals surface area contributed by atoms with Gasteiger partial charge in [0, 0.05) is 25.7 Å². The van der Waals surface area contributed by atoms with Gasteiger partial charge in [-0.05, 0) is 24.7 Å². The molecule has 0 radical (unpaired) electrons. The summed E-state index contributed by atoms with van der Waals surface area (Å²) in [6.07, 6.45) is -0.558. The van der Waals surface area contributed by atoms with E-state index in [0.29, 0.717) is 29.7 Å². The van der Waals surface area contributed by atoms with Crippen LogP contribution in [0.1, 0.15) is 5.56 Å². The number of likely N-dealkylation sites (tertiary alicyclic amines) is 1. The lowest BCUT2D eigenvalue weighted by atomic mass is 10.2. The van der Waals surface area contributed by atoms with Gasteiger partial charge in [0.2, 0.25) is 0 Å². The molecule has 1 fully saturated rings. The smallest absolute Gasteiger partial charge is 0.317 e. The van der Waals surface area contributed by atoms with Gasteiger partial charge in [-0.3, -0.25) is 14.6 Å². The van der Waals surface area contributed by atoms with Gasteiger partial charge in [-0.2, -0.15) is 0 Å². The van der Waals surface area contributed by atoms with Gasteiger partial charge in [0.1, 0.15) is 0 Å². The van der Waals surface area contributed by atoms with Crippen LogP contribution in [0.25, 0.3) is 0 Å². The Morgan fingerprint density at radius 3 is 2.71 bits per heavy atom. The molecule has 0 bridgehead atoms. The van der Waals surface area contributed by atoms with Gasteiger partial charge in [0.25, 0.3) is 0 Å². The molecule has 1 saturated heterocycles. The quantitative estimate of drug-likeness (QED) is 0.856. The molecule has 2 N–H and O–H groups in total. The molecular weight excluding hydrogens is 315 g/mol. The van der Waals surface area contributed by atoms with Crippen molar-refractivity contribution in [3.05, 3.63) is 33.8 Å². The van der Waals surface area contributed by atoms with Gasteiger partial charge in [-0.25, -0.2) is 0 Å². The van der Waals surface area contributed by atoms with Crippen molar-refractivity contribution in [2.24, 2.45) is 0 Å². The maximum atomic E-state index is 10.8. The highest BCUT2D eigenvalue weighted by molar-refractivity contribution is 6.42. The van der Waals surface area contributed by atoms with Gasteiger partial charge in [-0.1, -0.05) is 29.3 Å². The SMILES string of the molecule is CN(CC(=O)O)C1CN(Cc2ccc(Cl)c(Cl)c2)C[C@H]1O. The topological polar surface area (TPSA) is 64.0 Å². The molecule has 0 saturated carbocycles. The van der Waals surface area contributed by atoms with E-state index in [9.17, 15) is 9.90 Å². The number of hydrogen-bond donors (Lipinski definition) is 2. The predicted molar refractivity (Wildman–Crippen MR) is 81.8 cm³/mol. The highest BCUT2D eigenvalue weighted by atomic mass is 35.5. The molecule has 1 aliphatic heterocycles. The van der Waals surface area contributed by atoms with E-state index in [1.54, 1.807) is 18.0 Å². The molecule has 1 aliphatic rings. The molecule has 7 heteroatoms. The molecule has 1 unspecified atom stereocenters. The molecule has 1 aromatic carbocycles. The molecule has 0 aliphatic carbocycles. The minimum atomic E-state index is -0.896. The first-order valence-corrected chi connectivity index (χ1v) is 7.39. The number of aliphatic hydroxyl groups is 1. The van der Waals surface area contributed by atoms with Crippen LogP contribution >= 0.6 is 23.2 Å². The summed E-state index contributed by atoms with van der Waals surface area (Å²) in [5, 5.41) is 19.9. The monoisotopic (exact) mass is 332 g/mol. The van der Waals surface area contributed by atoms with Crippen molar-refractivity contribution in [3.63, 3.8) is 0 Å². The first-order valence-electron chi connectivity index (χ1n) is 6.63. The Bertz CT molecular complexity index is 527. The summed E-state index contributed by atoms with van der Waals surface area (Å²) in [6, 6.07) is 5.28. The summed E-state index contributed by atoms with van der Waals surface area (Å²) < 4.78 is 0. The average Bonchev–Trinajstić information content (AvgIpc) is 2.74. The van der Waals surface area contributed by atoms with Crippen LogP contribution < -0.4 is 0 Å². The van der Waals surface area contributed by atoms with Crippen LogP contribution in [-0.2, 0) is 11.3 Å². The van der Waals surface area contributed by atoms with E-state index < -0.39 is 12.1 Å². The minimum Gasteiger partial charge on any atom is -0.480 e. The van der Waals surface area contributed by atoms with Crippen molar-refractivity contribution in [1.82, 2.24) is 9.80 Å². The van der Waals surface area contributed by atoms with Crippen LogP contribution in [0, 0.1) is 0 Å². The lowest BCUT2D eigenvalue weighted by Gasteiger charge is -2.24. The Hall–Kier alpha value is -0.850. The van der Waals surface area contributed by atoms with Crippen molar-refractivity contribution in [2.45, 2.75) is 18.7 Å². The zero-order chi connectivity index (χ0) is 15.6. The molecule has 116 valence electrons. The van der Waals surface area contributed by atoms with Gasteiger partial charge < -0.3 is 10.2 Å². The normalized spacial score (nSPS) is 22.9. The predicted octanol–water partition coefficient (Wildman–Crippen LogP) is 1.55. The van der Waals surface area contributed by atoms with Crippen LogP contribution in [0.5, 0.6) is 0 Å². The van der Waals surface area contributed by atoms with Crippen molar-refractivity contribution in [1.29, 1.82) is 0 Å². The van der Waals surface area contributed by atoms with E-state index >= 15 is 0 Å². The first kappa shape index (κ1) is 16.5. The van der Waals surface area contributed by atoms with Crippen molar-refractivity contribution < 1.29 is 15.0 Å². The molecule has 2 rings (SSSR count). The number of nitrogens with zero attached hydrogens (tertiary/aromatic N) is 2. The van der Waals surface area contributed by atoms with Gasteiger partial charge >= 0.3 is 5.97 Å². The van der Waals surface area contributed by atoms with Gasteiger partial charge in [0.15, 0.2) is 0 Å². The number of likely N-dealkylation sites (N-methyl/N-ethyl adjacent to an activating group) is 1. The van der Waals surface area contributed by atoms with Crippen LogP contribution in [0.15, 0.2) is 18.2 Å². The number of aliphatic hydroxyl groups excluding tert-OH is 1. The molecule has 1 heterocycles. The van der Waals surface area contributed by atoms with Crippen LogP contribution in [0.3, 0.4) is 0 Å². The largest absolute Gasteiger partial charge is 0.480 e. The summed E-state index contributed by atoms with van der Waals surface area (Å²) in [4.78, 5) is 14.5. The second kappa shape index (κ2) is 6.94. The number of carbonyl (C=O) groups is 1. The van der Waals surface area contributed by atoms with E-state index in [1.807, 2.05) is 12.1 Å². The number of rotatable bonds is 5. The molecule has 5 nitrogen and oxygen atoms in total. The van der Waals surface area contributed by atoms with Crippen molar-refractivity contribution in [3.8, 4) is 0 Å². The standard InChI is InChI=1S/C14H18Cl2N2O3/c1-17(8-14(20)21)12-6-18(7-13(12)19)5-9-2-3-10(15)11(16)4-9/h2-4,12-13,19H,5-8H2,1H3,(H,20,21)/t12?,13-/m1/s1. The van der Waals surface area contributed by atoms with Gasteiger partial charge in [-0.15, -0.1) is 0 Å². The number of hydrogen-bond acceptors (Lipinski definition) is 4. The second-order valence-corrected chi connectivity index (χ2v) is 6.20. The highest BCUT2D eigenvalue weighted by Crippen LogP contribution is 2.24. The lowest BCUT2D eigenvalue weighted by Crippen LogP contribution is -2.43. The Morgan fingerprint density at radius 2 is 2.10 bits per heavy atom. The third-order valence-electron chi connectivity index (χ3n) is 3.68. The van der Waals surface area contributed by atoms with Gasteiger partial charge in [0.05, 0.1) is 22.7 Å². The Morgan fingerprint density at radius 1 is 1.38 bits per heavy atom. The minimum absolute atomic E-state index is 0.0810. The first-order chi connectivity index (χ1) is 9.86. The lowest BCUT2D eigenvalue weighted by molar-refractivity contribution is -0.138. The fourth-order valence-electron chi connectivity index (χ4n) is 2.64. The fraction of sp³-hybridized carbons (Fsp3) is 0.500. The number of aliphatic carboxylic acids is 1. The number of β-amino-alcohol motifs (C(OH)–C–C–N with tert-alkyl or cyclic N) is 1. The maximum absolute atomic E-state index is 10.8. The molecule has 0 aromatic heterocycles. The third-order valence-corrected chi connectivity index (χ3v) is 4.41. The summed E-state index contributed by atoms with van der Waals surface area (Å²) in [7, 11) is 1.71. The van der Waals surface area contributed by atoms with Crippen LogP contribution in [-0.4, -0.2) is 64.8 Å². The number of halogens is 2. The second-order valence-electron chi connectivity index (χ2n) is 5.39. The Kier molecular flexibility index (Phi) is 5.46. The highest BCUT2D eigenvalue weighted by Gasteiger charge is 2.34. The van der Waals surface area contributed by atoms with Crippen LogP contribution in [0.2, 0.25) is 10.0 Å². The molecule has 2 atom stereocenters.